The average molecular weight is 476 g/mol. The van der Waals surface area contributed by atoms with Crippen LogP contribution in [-0.4, -0.2) is 39.9 Å². The van der Waals surface area contributed by atoms with Crippen LogP contribution in [-0.2, 0) is 10.0 Å². The molecule has 3 rings (SSSR count). The lowest BCUT2D eigenvalue weighted by Crippen LogP contribution is -2.32. The van der Waals surface area contributed by atoms with Crippen LogP contribution in [0.3, 0.4) is 0 Å². The Morgan fingerprint density at radius 2 is 1.64 bits per heavy atom. The third-order valence-electron chi connectivity index (χ3n) is 5.46. The number of rotatable bonds is 10. The van der Waals surface area contributed by atoms with Crippen molar-refractivity contribution in [1.82, 2.24) is 14.9 Å². The molecule has 178 valence electrons. The molecule has 0 fully saturated rings. The summed E-state index contributed by atoms with van der Waals surface area (Å²) >= 11 is 0. The van der Waals surface area contributed by atoms with Crippen LogP contribution < -0.4 is 18.9 Å². The standard InChI is InChI=1S/C23H29N3O6S/c1-7-15(3)20(26-33(27,28)17-10-8-14(2)9-11-17)23-24-22(25-32-23)16-12-18(29-4)21(31-6)19(13-16)30-5/h8-13,15,20,26H,7H2,1-6H3/t15-,20+/m0/s1. The average Bonchev–Trinajstić information content (AvgIpc) is 3.31. The van der Waals surface area contributed by atoms with Crippen LogP contribution in [0.5, 0.6) is 17.2 Å². The van der Waals surface area contributed by atoms with Crippen LogP contribution in [0.1, 0.15) is 37.8 Å². The van der Waals surface area contributed by atoms with Gasteiger partial charge in [0.25, 0.3) is 0 Å². The fourth-order valence-electron chi connectivity index (χ4n) is 3.29. The number of nitrogens with one attached hydrogen (secondary N) is 1. The minimum Gasteiger partial charge on any atom is -0.493 e. The summed E-state index contributed by atoms with van der Waals surface area (Å²) in [5.74, 6) is 1.67. The van der Waals surface area contributed by atoms with Crippen molar-refractivity contribution < 1.29 is 27.2 Å². The van der Waals surface area contributed by atoms with Gasteiger partial charge in [0.1, 0.15) is 6.04 Å². The maximum atomic E-state index is 13.0. The van der Waals surface area contributed by atoms with Crippen molar-refractivity contribution in [3.05, 3.63) is 47.9 Å². The zero-order chi connectivity index (χ0) is 24.2. The van der Waals surface area contributed by atoms with E-state index >= 15 is 0 Å². The summed E-state index contributed by atoms with van der Waals surface area (Å²) in [7, 11) is 0.749. The van der Waals surface area contributed by atoms with Gasteiger partial charge in [-0.05, 0) is 37.1 Å². The van der Waals surface area contributed by atoms with E-state index in [4.69, 9.17) is 18.7 Å². The zero-order valence-electron chi connectivity index (χ0n) is 19.6. The summed E-state index contributed by atoms with van der Waals surface area (Å²) in [5, 5.41) is 4.07. The molecule has 0 unspecified atom stereocenters. The van der Waals surface area contributed by atoms with E-state index in [2.05, 4.69) is 14.9 Å². The molecule has 0 aliphatic carbocycles. The fraction of sp³-hybridized carbons (Fsp3) is 0.391. The molecule has 1 N–H and O–H groups in total. The van der Waals surface area contributed by atoms with Crippen LogP contribution in [0.25, 0.3) is 11.4 Å². The number of methoxy groups -OCH3 is 3. The summed E-state index contributed by atoms with van der Waals surface area (Å²) in [6.07, 6.45) is 0.697. The zero-order valence-corrected chi connectivity index (χ0v) is 20.4. The van der Waals surface area contributed by atoms with Crippen LogP contribution in [0.2, 0.25) is 0 Å². The minimum absolute atomic E-state index is 0.0986. The first kappa shape index (κ1) is 24.5. The van der Waals surface area contributed by atoms with Crippen LogP contribution in [0, 0.1) is 12.8 Å². The van der Waals surface area contributed by atoms with Gasteiger partial charge in [0.05, 0.1) is 26.2 Å². The molecule has 0 saturated carbocycles. The lowest BCUT2D eigenvalue weighted by Gasteiger charge is -2.20. The van der Waals surface area contributed by atoms with E-state index < -0.39 is 16.1 Å². The van der Waals surface area contributed by atoms with Crippen molar-refractivity contribution in [2.75, 3.05) is 21.3 Å². The quantitative estimate of drug-likeness (QED) is 0.466. The predicted octanol–water partition coefficient (Wildman–Crippen LogP) is 4.14. The molecule has 1 heterocycles. The fourth-order valence-corrected chi connectivity index (χ4v) is 4.59. The largest absolute Gasteiger partial charge is 0.493 e. The van der Waals surface area contributed by atoms with Crippen LogP contribution >= 0.6 is 0 Å². The van der Waals surface area contributed by atoms with Gasteiger partial charge in [-0.15, -0.1) is 0 Å². The molecule has 1 aromatic heterocycles. The van der Waals surface area contributed by atoms with Gasteiger partial charge in [-0.2, -0.15) is 9.71 Å². The Balaban J connectivity index is 1.98. The van der Waals surface area contributed by atoms with Crippen molar-refractivity contribution >= 4 is 10.0 Å². The Morgan fingerprint density at radius 3 is 2.15 bits per heavy atom. The van der Waals surface area contributed by atoms with Gasteiger partial charge in [0, 0.05) is 5.56 Å². The van der Waals surface area contributed by atoms with Crippen LogP contribution in [0.15, 0.2) is 45.8 Å². The smallest absolute Gasteiger partial charge is 0.245 e. The van der Waals surface area contributed by atoms with Gasteiger partial charge >= 0.3 is 0 Å². The number of benzene rings is 2. The van der Waals surface area contributed by atoms with Gasteiger partial charge in [0.15, 0.2) is 11.5 Å². The molecule has 0 bridgehead atoms. The molecule has 0 spiro atoms. The topological polar surface area (TPSA) is 113 Å². The van der Waals surface area contributed by atoms with Crippen molar-refractivity contribution in [3.63, 3.8) is 0 Å². The van der Waals surface area contributed by atoms with E-state index in [9.17, 15) is 8.42 Å². The highest BCUT2D eigenvalue weighted by molar-refractivity contribution is 7.89. The number of nitrogens with zero attached hydrogens (tertiary/aromatic N) is 2. The number of hydrogen-bond acceptors (Lipinski definition) is 8. The summed E-state index contributed by atoms with van der Waals surface area (Å²) in [5.41, 5.74) is 1.54. The van der Waals surface area contributed by atoms with E-state index in [1.54, 1.807) is 36.4 Å². The molecule has 0 saturated heterocycles. The minimum atomic E-state index is -3.80. The molecular formula is C23H29N3O6S. The molecule has 33 heavy (non-hydrogen) atoms. The van der Waals surface area contributed by atoms with Crippen molar-refractivity contribution in [1.29, 1.82) is 0 Å². The summed E-state index contributed by atoms with van der Waals surface area (Å²) in [6.45, 7) is 5.79. The molecule has 9 nitrogen and oxygen atoms in total. The highest BCUT2D eigenvalue weighted by Gasteiger charge is 2.30. The third kappa shape index (κ3) is 5.28. The molecule has 10 heteroatoms. The highest BCUT2D eigenvalue weighted by atomic mass is 32.2. The van der Waals surface area contributed by atoms with E-state index in [0.717, 1.165) is 5.56 Å². The Morgan fingerprint density at radius 1 is 1.03 bits per heavy atom. The van der Waals surface area contributed by atoms with Gasteiger partial charge in [-0.25, -0.2) is 8.42 Å². The Bertz CT molecular complexity index is 1170. The molecular weight excluding hydrogens is 446 g/mol. The molecule has 2 aromatic carbocycles. The molecule has 0 aliphatic heterocycles. The summed E-state index contributed by atoms with van der Waals surface area (Å²) in [6, 6.07) is 9.34. The highest BCUT2D eigenvalue weighted by Crippen LogP contribution is 2.41. The maximum Gasteiger partial charge on any atom is 0.245 e. The van der Waals surface area contributed by atoms with E-state index in [1.807, 2.05) is 20.8 Å². The van der Waals surface area contributed by atoms with E-state index in [0.29, 0.717) is 29.2 Å². The number of sulfonamides is 1. The Kier molecular flexibility index (Phi) is 7.60. The van der Waals surface area contributed by atoms with Gasteiger partial charge in [-0.3, -0.25) is 0 Å². The molecule has 3 aromatic rings. The Labute approximate surface area is 194 Å². The molecule has 0 aliphatic rings. The summed E-state index contributed by atoms with van der Waals surface area (Å²) in [4.78, 5) is 4.66. The van der Waals surface area contributed by atoms with Gasteiger partial charge in [-0.1, -0.05) is 43.1 Å². The lowest BCUT2D eigenvalue weighted by atomic mass is 10.0. The van der Waals surface area contributed by atoms with Crippen molar-refractivity contribution in [2.24, 2.45) is 5.92 Å². The number of aromatic nitrogens is 2. The van der Waals surface area contributed by atoms with Crippen molar-refractivity contribution in [3.8, 4) is 28.6 Å². The summed E-state index contributed by atoms with van der Waals surface area (Å²) < 4.78 is 50.4. The second kappa shape index (κ2) is 10.2. The first-order chi connectivity index (χ1) is 15.7. The number of aryl methyl sites for hydroxylation is 1. The lowest BCUT2D eigenvalue weighted by molar-refractivity contribution is 0.298. The maximum absolute atomic E-state index is 13.0. The SMILES string of the molecule is CC[C@H](C)[C@@H](NS(=O)(=O)c1ccc(C)cc1)c1nc(-c2cc(OC)c(OC)c(OC)c2)no1. The van der Waals surface area contributed by atoms with E-state index in [1.165, 1.54) is 21.3 Å². The van der Waals surface area contributed by atoms with Crippen molar-refractivity contribution in [2.45, 2.75) is 38.1 Å². The number of ether oxygens (including phenoxy) is 3. The second-order valence-electron chi connectivity index (χ2n) is 7.67. The van der Waals surface area contributed by atoms with Gasteiger partial charge in [0.2, 0.25) is 27.5 Å². The first-order valence-electron chi connectivity index (χ1n) is 10.5. The number of hydrogen-bond donors (Lipinski definition) is 1. The monoisotopic (exact) mass is 475 g/mol. The molecule has 0 amide bonds. The van der Waals surface area contributed by atoms with E-state index in [-0.39, 0.29) is 22.5 Å². The third-order valence-corrected chi connectivity index (χ3v) is 6.91. The predicted molar refractivity (Wildman–Crippen MR) is 123 cm³/mol. The Hall–Kier alpha value is -3.11. The van der Waals surface area contributed by atoms with Gasteiger partial charge < -0.3 is 18.7 Å². The molecule has 0 radical (unpaired) electrons. The first-order valence-corrected chi connectivity index (χ1v) is 11.9. The molecule has 2 atom stereocenters. The van der Waals surface area contributed by atoms with Crippen LogP contribution in [0.4, 0.5) is 0 Å². The normalized spacial score (nSPS) is 13.4. The second-order valence-corrected chi connectivity index (χ2v) is 9.38.